The van der Waals surface area contributed by atoms with Crippen molar-refractivity contribution in [2.45, 2.75) is 20.3 Å². The van der Waals surface area contributed by atoms with E-state index in [4.69, 9.17) is 14.2 Å². The van der Waals surface area contributed by atoms with Gasteiger partial charge in [0.2, 0.25) is 0 Å². The Bertz CT molecular complexity index is 1160. The lowest BCUT2D eigenvalue weighted by Gasteiger charge is -2.29. The van der Waals surface area contributed by atoms with E-state index in [9.17, 15) is 9.59 Å². The molecule has 0 fully saturated rings. The SMILES string of the molecule is CCc1ccc(OCC(=O)Nc2ccc3c(c2)OCC(=O)N3CCOc2cccc(C)c2)cc1. The van der Waals surface area contributed by atoms with Crippen molar-refractivity contribution >= 4 is 23.2 Å². The number of ether oxygens (including phenoxy) is 3. The number of rotatable bonds is 9. The molecule has 1 aliphatic rings. The second-order valence-corrected chi connectivity index (χ2v) is 8.02. The zero-order valence-corrected chi connectivity index (χ0v) is 19.4. The Balaban J connectivity index is 1.33. The van der Waals surface area contributed by atoms with Crippen LogP contribution in [0.4, 0.5) is 11.4 Å². The summed E-state index contributed by atoms with van der Waals surface area (Å²) in [6.07, 6.45) is 0.948. The van der Waals surface area contributed by atoms with E-state index in [-0.39, 0.29) is 25.0 Å². The van der Waals surface area contributed by atoms with Gasteiger partial charge in [-0.2, -0.15) is 0 Å². The van der Waals surface area contributed by atoms with E-state index in [0.29, 0.717) is 36.0 Å². The van der Waals surface area contributed by atoms with Gasteiger partial charge in [-0.1, -0.05) is 31.2 Å². The summed E-state index contributed by atoms with van der Waals surface area (Å²) in [5.41, 5.74) is 3.54. The fourth-order valence-electron chi connectivity index (χ4n) is 3.65. The topological polar surface area (TPSA) is 77.1 Å². The number of fused-ring (bicyclic) bond motifs is 1. The predicted octanol–water partition coefficient (Wildman–Crippen LogP) is 4.38. The second-order valence-electron chi connectivity index (χ2n) is 8.02. The monoisotopic (exact) mass is 460 g/mol. The van der Waals surface area contributed by atoms with Gasteiger partial charge in [0.25, 0.3) is 11.8 Å². The summed E-state index contributed by atoms with van der Waals surface area (Å²) in [6, 6.07) is 20.7. The summed E-state index contributed by atoms with van der Waals surface area (Å²) in [6.45, 7) is 4.65. The van der Waals surface area contributed by atoms with E-state index in [0.717, 1.165) is 17.7 Å². The third kappa shape index (κ3) is 5.86. The fraction of sp³-hybridized carbons (Fsp3) is 0.259. The van der Waals surface area contributed by atoms with Crippen LogP contribution in [0, 0.1) is 6.92 Å². The van der Waals surface area contributed by atoms with Crippen molar-refractivity contribution in [2.75, 3.05) is 36.6 Å². The van der Waals surface area contributed by atoms with Crippen LogP contribution in [0.15, 0.2) is 66.7 Å². The third-order valence-electron chi connectivity index (χ3n) is 5.46. The number of hydrogen-bond donors (Lipinski definition) is 1. The highest BCUT2D eigenvalue weighted by molar-refractivity contribution is 5.99. The van der Waals surface area contributed by atoms with Crippen molar-refractivity contribution in [1.82, 2.24) is 0 Å². The van der Waals surface area contributed by atoms with Crippen molar-refractivity contribution in [1.29, 1.82) is 0 Å². The highest BCUT2D eigenvalue weighted by atomic mass is 16.5. The van der Waals surface area contributed by atoms with Crippen LogP contribution in [0.1, 0.15) is 18.1 Å². The molecule has 0 aromatic heterocycles. The summed E-state index contributed by atoms with van der Waals surface area (Å²) in [5.74, 6) is 1.52. The molecule has 7 heteroatoms. The molecule has 1 N–H and O–H groups in total. The summed E-state index contributed by atoms with van der Waals surface area (Å²) in [4.78, 5) is 26.4. The molecule has 3 aromatic carbocycles. The lowest BCUT2D eigenvalue weighted by molar-refractivity contribution is -0.121. The first-order valence-corrected chi connectivity index (χ1v) is 11.3. The molecule has 7 nitrogen and oxygen atoms in total. The van der Waals surface area contributed by atoms with Gasteiger partial charge < -0.3 is 24.4 Å². The quantitative estimate of drug-likeness (QED) is 0.513. The van der Waals surface area contributed by atoms with Gasteiger partial charge in [-0.05, 0) is 60.9 Å². The van der Waals surface area contributed by atoms with E-state index in [1.165, 1.54) is 5.56 Å². The lowest BCUT2D eigenvalue weighted by Crippen LogP contribution is -2.41. The Morgan fingerprint density at radius 1 is 1.03 bits per heavy atom. The molecule has 0 saturated heterocycles. The Labute approximate surface area is 199 Å². The second kappa shape index (κ2) is 10.7. The Morgan fingerprint density at radius 2 is 1.85 bits per heavy atom. The van der Waals surface area contributed by atoms with Gasteiger partial charge in [0.1, 0.15) is 23.9 Å². The lowest BCUT2D eigenvalue weighted by atomic mass is 10.2. The van der Waals surface area contributed by atoms with Crippen molar-refractivity contribution in [3.63, 3.8) is 0 Å². The first kappa shape index (κ1) is 23.2. The number of amides is 2. The van der Waals surface area contributed by atoms with E-state index >= 15 is 0 Å². The minimum absolute atomic E-state index is 0.0638. The van der Waals surface area contributed by atoms with Crippen LogP contribution in [0.25, 0.3) is 0 Å². The maximum Gasteiger partial charge on any atom is 0.265 e. The Hall–Kier alpha value is -4.00. The first-order chi connectivity index (χ1) is 16.5. The van der Waals surface area contributed by atoms with Crippen LogP contribution in [-0.4, -0.2) is 38.2 Å². The van der Waals surface area contributed by atoms with E-state index in [1.54, 1.807) is 23.1 Å². The largest absolute Gasteiger partial charge is 0.492 e. The molecule has 1 heterocycles. The number of hydrogen-bond acceptors (Lipinski definition) is 5. The average molecular weight is 461 g/mol. The van der Waals surface area contributed by atoms with Crippen LogP contribution < -0.4 is 24.4 Å². The molecule has 0 bridgehead atoms. The van der Waals surface area contributed by atoms with Crippen LogP contribution in [0.3, 0.4) is 0 Å². The predicted molar refractivity (Wildman–Crippen MR) is 131 cm³/mol. The standard InChI is InChI=1S/C27H28N2O5/c1-3-20-7-10-22(11-8-20)33-17-26(30)28-21-9-12-24-25(16-21)34-18-27(31)29(24)13-14-32-23-6-4-5-19(2)15-23/h4-12,15-16H,3,13-14,17-18H2,1-2H3,(H,28,30). The van der Waals surface area contributed by atoms with Gasteiger partial charge in [0.15, 0.2) is 13.2 Å². The normalized spacial score (nSPS) is 12.5. The van der Waals surface area contributed by atoms with Gasteiger partial charge in [-0.15, -0.1) is 0 Å². The van der Waals surface area contributed by atoms with Crippen molar-refractivity contribution in [2.24, 2.45) is 0 Å². The molecular weight excluding hydrogens is 432 g/mol. The minimum Gasteiger partial charge on any atom is -0.492 e. The highest BCUT2D eigenvalue weighted by Gasteiger charge is 2.26. The number of carbonyl (C=O) groups excluding carboxylic acids is 2. The number of carbonyl (C=O) groups is 2. The smallest absolute Gasteiger partial charge is 0.265 e. The van der Waals surface area contributed by atoms with Crippen molar-refractivity contribution < 1.29 is 23.8 Å². The molecule has 2 amide bonds. The van der Waals surface area contributed by atoms with Gasteiger partial charge in [0.05, 0.1) is 12.2 Å². The molecule has 0 aliphatic carbocycles. The fourth-order valence-corrected chi connectivity index (χ4v) is 3.65. The maximum atomic E-state index is 12.4. The molecule has 34 heavy (non-hydrogen) atoms. The highest BCUT2D eigenvalue weighted by Crippen LogP contribution is 2.34. The van der Waals surface area contributed by atoms with Crippen LogP contribution in [-0.2, 0) is 16.0 Å². The number of benzene rings is 3. The zero-order valence-electron chi connectivity index (χ0n) is 19.4. The Morgan fingerprint density at radius 3 is 2.62 bits per heavy atom. The number of nitrogens with one attached hydrogen (secondary N) is 1. The molecule has 4 rings (SSSR count). The summed E-state index contributed by atoms with van der Waals surface area (Å²) < 4.78 is 17.0. The van der Waals surface area contributed by atoms with E-state index in [2.05, 4.69) is 12.2 Å². The van der Waals surface area contributed by atoms with Crippen LogP contribution >= 0.6 is 0 Å². The number of anilines is 2. The number of nitrogens with zero attached hydrogens (tertiary/aromatic N) is 1. The summed E-state index contributed by atoms with van der Waals surface area (Å²) in [5, 5.41) is 2.81. The van der Waals surface area contributed by atoms with Crippen LogP contribution in [0.2, 0.25) is 0 Å². The molecule has 0 saturated carbocycles. The molecule has 0 unspecified atom stereocenters. The van der Waals surface area contributed by atoms with Crippen molar-refractivity contribution in [3.8, 4) is 17.2 Å². The maximum absolute atomic E-state index is 12.4. The molecular formula is C27H28N2O5. The van der Waals surface area contributed by atoms with Gasteiger partial charge in [-0.3, -0.25) is 9.59 Å². The first-order valence-electron chi connectivity index (χ1n) is 11.3. The Kier molecular flexibility index (Phi) is 7.32. The van der Waals surface area contributed by atoms with Gasteiger partial charge in [-0.25, -0.2) is 0 Å². The van der Waals surface area contributed by atoms with Crippen LogP contribution in [0.5, 0.6) is 17.2 Å². The van der Waals surface area contributed by atoms with E-state index < -0.39 is 0 Å². The molecule has 1 aliphatic heterocycles. The molecule has 0 radical (unpaired) electrons. The van der Waals surface area contributed by atoms with E-state index in [1.807, 2.05) is 55.5 Å². The number of aryl methyl sites for hydroxylation is 2. The molecule has 3 aromatic rings. The molecule has 0 spiro atoms. The van der Waals surface area contributed by atoms with Gasteiger partial charge >= 0.3 is 0 Å². The third-order valence-corrected chi connectivity index (χ3v) is 5.46. The summed E-state index contributed by atoms with van der Waals surface area (Å²) >= 11 is 0. The zero-order chi connectivity index (χ0) is 23.9. The average Bonchev–Trinajstić information content (AvgIpc) is 2.84. The summed E-state index contributed by atoms with van der Waals surface area (Å²) in [7, 11) is 0. The van der Waals surface area contributed by atoms with Crippen molar-refractivity contribution in [3.05, 3.63) is 77.9 Å². The molecule has 176 valence electrons. The van der Waals surface area contributed by atoms with Gasteiger partial charge in [0, 0.05) is 11.8 Å². The minimum atomic E-state index is -0.283. The molecule has 0 atom stereocenters.